The van der Waals surface area contributed by atoms with Crippen molar-refractivity contribution in [3.8, 4) is 17.3 Å². The highest BCUT2D eigenvalue weighted by Gasteiger charge is 2.52. The maximum atomic E-state index is 14.5. The second kappa shape index (κ2) is 12.5. The quantitative estimate of drug-likeness (QED) is 0.351. The Morgan fingerprint density at radius 1 is 1.21 bits per heavy atom. The Morgan fingerprint density at radius 2 is 1.98 bits per heavy atom. The van der Waals surface area contributed by atoms with Crippen molar-refractivity contribution in [2.24, 2.45) is 0 Å². The van der Waals surface area contributed by atoms with Crippen LogP contribution in [0.3, 0.4) is 0 Å². The molecule has 14 heteroatoms. The number of anilines is 1. The van der Waals surface area contributed by atoms with Crippen LogP contribution >= 0.6 is 15.9 Å². The molecule has 2 aromatic carbocycles. The van der Waals surface area contributed by atoms with Gasteiger partial charge >= 0.3 is 0 Å². The second-order valence-corrected chi connectivity index (χ2v) is 11.2. The van der Waals surface area contributed by atoms with E-state index in [-0.39, 0.29) is 16.9 Å². The van der Waals surface area contributed by atoms with E-state index in [1.54, 1.807) is 6.07 Å². The molecule has 2 aliphatic rings. The number of carbonyl (C=O) groups is 1. The predicted octanol–water partition coefficient (Wildman–Crippen LogP) is 2.48. The Balaban J connectivity index is 1.55. The van der Waals surface area contributed by atoms with Gasteiger partial charge in [-0.25, -0.2) is 13.5 Å². The van der Waals surface area contributed by atoms with Crippen molar-refractivity contribution in [1.29, 1.82) is 5.26 Å². The van der Waals surface area contributed by atoms with E-state index in [9.17, 15) is 34.2 Å². The fraction of sp³-hybridized carbons (Fsp3) is 0.429. The number of halogens is 3. The first-order valence-electron chi connectivity index (χ1n) is 13.2. The second-order valence-electron chi connectivity index (χ2n) is 10.3. The van der Waals surface area contributed by atoms with E-state index < -0.39 is 66.8 Å². The number of nitrogens with zero attached hydrogens (tertiary/aromatic N) is 5. The highest BCUT2D eigenvalue weighted by molar-refractivity contribution is 9.10. The average molecular weight is 648 g/mol. The number of hydrogen-bond donors (Lipinski definition) is 3. The molecule has 1 saturated heterocycles. The summed E-state index contributed by atoms with van der Waals surface area (Å²) in [5.41, 5.74) is 0.690. The van der Waals surface area contributed by atoms with Crippen LogP contribution in [-0.2, 0) is 14.3 Å². The molecule has 2 heterocycles. The van der Waals surface area contributed by atoms with Gasteiger partial charge in [0.05, 0.1) is 36.6 Å². The van der Waals surface area contributed by atoms with Gasteiger partial charge < -0.3 is 29.7 Å². The number of methoxy groups -OCH3 is 1. The normalized spacial score (nSPS) is 27.5. The lowest BCUT2D eigenvalue weighted by Gasteiger charge is -2.45. The number of benzene rings is 2. The maximum Gasteiger partial charge on any atom is 0.259 e. The molecule has 7 atom stereocenters. The third-order valence-corrected chi connectivity index (χ3v) is 8.12. The summed E-state index contributed by atoms with van der Waals surface area (Å²) in [5.74, 6) is -1.98. The minimum atomic E-state index is -1.46. The summed E-state index contributed by atoms with van der Waals surface area (Å²) in [7, 11) is 1.31. The van der Waals surface area contributed by atoms with Crippen molar-refractivity contribution >= 4 is 27.5 Å². The Morgan fingerprint density at radius 3 is 2.62 bits per heavy atom. The van der Waals surface area contributed by atoms with Gasteiger partial charge in [-0.05, 0) is 55.7 Å². The molecule has 0 unspecified atom stereocenters. The Kier molecular flexibility index (Phi) is 8.97. The van der Waals surface area contributed by atoms with Crippen molar-refractivity contribution < 1.29 is 38.4 Å². The van der Waals surface area contributed by atoms with Gasteiger partial charge in [0.2, 0.25) is 0 Å². The summed E-state index contributed by atoms with van der Waals surface area (Å²) in [5, 5.41) is 49.7. The number of hydrogen-bond acceptors (Lipinski definition) is 9. The minimum Gasteiger partial charge on any atom is -0.394 e. The molecule has 2 fully saturated rings. The van der Waals surface area contributed by atoms with Gasteiger partial charge in [-0.1, -0.05) is 21.1 Å². The Labute approximate surface area is 248 Å². The zero-order chi connectivity index (χ0) is 30.1. The van der Waals surface area contributed by atoms with Crippen LogP contribution < -0.4 is 4.90 Å². The number of carbonyl (C=O) groups excluding carboxylic acids is 1. The third-order valence-electron chi connectivity index (χ3n) is 7.66. The van der Waals surface area contributed by atoms with Crippen molar-refractivity contribution in [1.82, 2.24) is 15.0 Å². The van der Waals surface area contributed by atoms with E-state index in [0.29, 0.717) is 29.3 Å². The zero-order valence-electron chi connectivity index (χ0n) is 22.3. The summed E-state index contributed by atoms with van der Waals surface area (Å²) in [6, 6.07) is 7.64. The van der Waals surface area contributed by atoms with Crippen LogP contribution in [0.1, 0.15) is 30.9 Å². The molecular formula is C28H28BrF2N5O6. The van der Waals surface area contributed by atoms with E-state index in [0.717, 1.165) is 12.1 Å². The van der Waals surface area contributed by atoms with Crippen LogP contribution in [0.2, 0.25) is 0 Å². The van der Waals surface area contributed by atoms with Gasteiger partial charge in [0, 0.05) is 22.8 Å². The monoisotopic (exact) mass is 647 g/mol. The van der Waals surface area contributed by atoms with Gasteiger partial charge in [0.25, 0.3) is 5.91 Å². The van der Waals surface area contributed by atoms with Gasteiger partial charge in [-0.3, -0.25) is 4.79 Å². The van der Waals surface area contributed by atoms with Gasteiger partial charge in [-0.2, -0.15) is 5.26 Å². The van der Waals surface area contributed by atoms with E-state index in [4.69, 9.17) is 9.47 Å². The molecule has 0 radical (unpaired) electrons. The van der Waals surface area contributed by atoms with Gasteiger partial charge in [0.15, 0.2) is 6.10 Å². The smallest absolute Gasteiger partial charge is 0.259 e. The molecular weight excluding hydrogens is 620 g/mol. The SMILES string of the molecule is CO[C@@H]1[C@@H](n2cc(-c3cc(F)cc(Br)c3)nn2)[C@@H](O)[C@@H](CO)O[C@H]1C(=O)N(c1cc(F)cc(C#N)c1)[C@H]1CCC[C@@H]1O. The number of nitriles is 1. The summed E-state index contributed by atoms with van der Waals surface area (Å²) in [6.45, 7) is -0.666. The average Bonchev–Trinajstić information content (AvgIpc) is 3.61. The molecule has 5 rings (SSSR count). The van der Waals surface area contributed by atoms with Gasteiger partial charge in [-0.15, -0.1) is 5.10 Å². The first kappa shape index (κ1) is 30.1. The number of aliphatic hydroxyl groups is 3. The standard InChI is InChI=1S/C28H28BrF2N5O6/c1-41-26-24(35-12-20(33-34-35)15-7-16(29)9-18(31)8-15)25(39)23(13-37)42-27(26)28(40)36(21-3-2-4-22(21)38)19-6-14(11-32)5-17(30)10-19/h5-10,12,21-27,37-39H,2-4,13H2,1H3/t21-,22-,23+,24-,25-,26+,27+/m0/s1. The van der Waals surface area contributed by atoms with Crippen LogP contribution in [0.4, 0.5) is 14.5 Å². The van der Waals surface area contributed by atoms with Crippen molar-refractivity contribution in [2.75, 3.05) is 18.6 Å². The molecule has 1 aliphatic heterocycles. The topological polar surface area (TPSA) is 154 Å². The van der Waals surface area contributed by atoms with Crippen LogP contribution in [0.15, 0.2) is 47.1 Å². The van der Waals surface area contributed by atoms with E-state index in [1.165, 1.54) is 41.1 Å². The summed E-state index contributed by atoms with van der Waals surface area (Å²) >= 11 is 3.24. The molecule has 42 heavy (non-hydrogen) atoms. The third kappa shape index (κ3) is 5.81. The largest absolute Gasteiger partial charge is 0.394 e. The van der Waals surface area contributed by atoms with Crippen LogP contribution in [0, 0.1) is 23.0 Å². The summed E-state index contributed by atoms with van der Waals surface area (Å²) < 4.78 is 41.9. The van der Waals surface area contributed by atoms with E-state index in [2.05, 4.69) is 26.2 Å². The molecule has 0 spiro atoms. The highest BCUT2D eigenvalue weighted by Crippen LogP contribution is 2.37. The summed E-state index contributed by atoms with van der Waals surface area (Å²) in [4.78, 5) is 15.5. The number of aromatic nitrogens is 3. The molecule has 1 aromatic heterocycles. The molecule has 1 amide bonds. The molecule has 3 aromatic rings. The zero-order valence-corrected chi connectivity index (χ0v) is 23.9. The maximum absolute atomic E-state index is 14.5. The Hall–Kier alpha value is -3.32. The summed E-state index contributed by atoms with van der Waals surface area (Å²) in [6.07, 6.45) is -3.39. The van der Waals surface area contributed by atoms with Crippen LogP contribution in [-0.4, -0.2) is 86.5 Å². The first-order chi connectivity index (χ1) is 20.1. The number of amides is 1. The molecule has 1 saturated carbocycles. The predicted molar refractivity (Wildman–Crippen MR) is 147 cm³/mol. The van der Waals surface area contributed by atoms with E-state index in [1.807, 2.05) is 6.07 Å². The van der Waals surface area contributed by atoms with Crippen LogP contribution in [0.25, 0.3) is 11.3 Å². The van der Waals surface area contributed by atoms with Gasteiger partial charge in [0.1, 0.15) is 41.7 Å². The minimum absolute atomic E-state index is 0.0243. The molecule has 1 aliphatic carbocycles. The molecule has 11 nitrogen and oxygen atoms in total. The number of aliphatic hydroxyl groups excluding tert-OH is 3. The molecule has 222 valence electrons. The molecule has 0 bridgehead atoms. The fourth-order valence-electron chi connectivity index (χ4n) is 5.73. The Bertz CT molecular complexity index is 1480. The first-order valence-corrected chi connectivity index (χ1v) is 14.0. The van der Waals surface area contributed by atoms with Crippen molar-refractivity contribution in [2.45, 2.75) is 61.9 Å². The van der Waals surface area contributed by atoms with Crippen molar-refractivity contribution in [3.05, 3.63) is 64.3 Å². The number of rotatable bonds is 7. The molecule has 3 N–H and O–H groups in total. The lowest BCUT2D eigenvalue weighted by Crippen LogP contribution is -2.62. The highest BCUT2D eigenvalue weighted by atomic mass is 79.9. The van der Waals surface area contributed by atoms with E-state index >= 15 is 0 Å². The fourth-order valence-corrected chi connectivity index (χ4v) is 6.20. The number of ether oxygens (including phenoxy) is 2. The van der Waals surface area contributed by atoms with Crippen molar-refractivity contribution in [3.63, 3.8) is 0 Å². The van der Waals surface area contributed by atoms with Crippen LogP contribution in [0.5, 0.6) is 0 Å². The lowest BCUT2D eigenvalue weighted by molar-refractivity contribution is -0.211. The lowest BCUT2D eigenvalue weighted by atomic mass is 9.91.